The van der Waals surface area contributed by atoms with Gasteiger partial charge in [-0.2, -0.15) is 0 Å². The van der Waals surface area contributed by atoms with Crippen molar-refractivity contribution in [3.8, 4) is 0 Å². The molecule has 18 heavy (non-hydrogen) atoms. The highest BCUT2D eigenvalue weighted by atomic mass is 32.1. The molecule has 0 saturated heterocycles. The van der Waals surface area contributed by atoms with Gasteiger partial charge >= 0.3 is 0 Å². The molecule has 0 aliphatic heterocycles. The Morgan fingerprint density at radius 1 is 1.33 bits per heavy atom. The van der Waals surface area contributed by atoms with Crippen LogP contribution in [0.15, 0.2) is 24.3 Å². The van der Waals surface area contributed by atoms with E-state index in [0.717, 1.165) is 18.0 Å². The monoisotopic (exact) mass is 262 g/mol. The summed E-state index contributed by atoms with van der Waals surface area (Å²) in [5.74, 6) is 0.881. The lowest BCUT2D eigenvalue weighted by atomic mass is 10.1. The van der Waals surface area contributed by atoms with Crippen LogP contribution in [0, 0.1) is 5.92 Å². The number of rotatable bonds is 5. The van der Waals surface area contributed by atoms with E-state index >= 15 is 0 Å². The molecule has 1 aromatic carbocycles. The van der Waals surface area contributed by atoms with Crippen molar-refractivity contribution in [3.63, 3.8) is 0 Å². The third-order valence-corrected chi connectivity index (χ3v) is 3.99. The van der Waals surface area contributed by atoms with Crippen LogP contribution in [0.5, 0.6) is 0 Å². The zero-order valence-corrected chi connectivity index (χ0v) is 11.9. The lowest BCUT2D eigenvalue weighted by molar-refractivity contribution is 0.271. The van der Waals surface area contributed by atoms with Gasteiger partial charge in [-0.3, -0.25) is 0 Å². The molecule has 3 heteroatoms. The summed E-state index contributed by atoms with van der Waals surface area (Å²) in [6.07, 6.45) is 5.59. The minimum Gasteiger partial charge on any atom is -0.389 e. The van der Waals surface area contributed by atoms with Gasteiger partial charge in [0.2, 0.25) is 0 Å². The lowest BCUT2D eigenvalue weighted by Gasteiger charge is -2.22. The molecule has 0 radical (unpaired) electrons. The van der Waals surface area contributed by atoms with Crippen LogP contribution in [0.3, 0.4) is 0 Å². The molecule has 0 atom stereocenters. The molecule has 1 aromatic rings. The zero-order chi connectivity index (χ0) is 13.0. The van der Waals surface area contributed by atoms with Crippen molar-refractivity contribution in [1.29, 1.82) is 0 Å². The van der Waals surface area contributed by atoms with Crippen molar-refractivity contribution < 1.29 is 0 Å². The van der Waals surface area contributed by atoms with Gasteiger partial charge in [0.25, 0.3) is 0 Å². The van der Waals surface area contributed by atoms with Crippen LogP contribution in [0.2, 0.25) is 0 Å². The Hall–Kier alpha value is -0.930. The SMILES string of the molecule is CN(Cc1ccccc1C(N)=S)CC1CCCC1. The van der Waals surface area contributed by atoms with Gasteiger partial charge in [0, 0.05) is 18.7 Å². The predicted octanol–water partition coefficient (Wildman–Crippen LogP) is 2.94. The van der Waals surface area contributed by atoms with Crippen LogP contribution in [0.1, 0.15) is 36.8 Å². The summed E-state index contributed by atoms with van der Waals surface area (Å²) in [4.78, 5) is 2.90. The number of hydrogen-bond donors (Lipinski definition) is 1. The Morgan fingerprint density at radius 3 is 2.67 bits per heavy atom. The standard InChI is InChI=1S/C15H22N2S/c1-17(10-12-6-2-3-7-12)11-13-8-4-5-9-14(13)15(16)18/h4-5,8-9,12H,2-3,6-7,10-11H2,1H3,(H2,16,18). The summed E-state index contributed by atoms with van der Waals surface area (Å²) in [6.45, 7) is 2.12. The number of nitrogens with two attached hydrogens (primary N) is 1. The van der Waals surface area contributed by atoms with Crippen molar-refractivity contribution >= 4 is 17.2 Å². The summed E-state index contributed by atoms with van der Waals surface area (Å²) in [5, 5.41) is 0. The van der Waals surface area contributed by atoms with Crippen LogP contribution in [-0.4, -0.2) is 23.5 Å². The lowest BCUT2D eigenvalue weighted by Crippen LogP contribution is -2.25. The average Bonchev–Trinajstić information content (AvgIpc) is 2.82. The summed E-state index contributed by atoms with van der Waals surface area (Å²) in [5.41, 5.74) is 8.03. The number of nitrogens with zero attached hydrogens (tertiary/aromatic N) is 1. The highest BCUT2D eigenvalue weighted by Crippen LogP contribution is 2.25. The van der Waals surface area contributed by atoms with Gasteiger partial charge < -0.3 is 10.6 Å². The van der Waals surface area contributed by atoms with Crippen LogP contribution < -0.4 is 5.73 Å². The van der Waals surface area contributed by atoms with E-state index in [4.69, 9.17) is 18.0 Å². The number of benzene rings is 1. The first-order valence-corrected chi connectivity index (χ1v) is 7.14. The molecule has 0 spiro atoms. The summed E-state index contributed by atoms with van der Waals surface area (Å²) in [6, 6.07) is 8.19. The molecule has 0 unspecified atom stereocenters. The largest absolute Gasteiger partial charge is 0.389 e. The van der Waals surface area contributed by atoms with Gasteiger partial charge in [-0.05, 0) is 31.4 Å². The quantitative estimate of drug-likeness (QED) is 0.827. The molecule has 1 aliphatic rings. The average molecular weight is 262 g/mol. The second kappa shape index (κ2) is 6.30. The van der Waals surface area contributed by atoms with Crippen LogP contribution in [0.4, 0.5) is 0 Å². The summed E-state index contributed by atoms with van der Waals surface area (Å²) in [7, 11) is 2.19. The van der Waals surface area contributed by atoms with Gasteiger partial charge in [0.05, 0.1) is 0 Å². The maximum atomic E-state index is 5.77. The van der Waals surface area contributed by atoms with E-state index in [9.17, 15) is 0 Å². The fraction of sp³-hybridized carbons (Fsp3) is 0.533. The normalized spacial score (nSPS) is 16.3. The highest BCUT2D eigenvalue weighted by Gasteiger charge is 2.17. The van der Waals surface area contributed by atoms with E-state index in [0.29, 0.717) is 4.99 Å². The molecule has 0 heterocycles. The first kappa shape index (κ1) is 13.5. The van der Waals surface area contributed by atoms with E-state index in [2.05, 4.69) is 24.1 Å². The smallest absolute Gasteiger partial charge is 0.104 e. The minimum absolute atomic E-state index is 0.500. The van der Waals surface area contributed by atoms with E-state index < -0.39 is 0 Å². The van der Waals surface area contributed by atoms with Crippen LogP contribution in [-0.2, 0) is 6.54 Å². The fourth-order valence-electron chi connectivity index (χ4n) is 2.89. The van der Waals surface area contributed by atoms with Gasteiger partial charge in [-0.1, -0.05) is 49.3 Å². The van der Waals surface area contributed by atoms with E-state index in [-0.39, 0.29) is 0 Å². The molecular weight excluding hydrogens is 240 g/mol. The summed E-state index contributed by atoms with van der Waals surface area (Å²) < 4.78 is 0. The zero-order valence-electron chi connectivity index (χ0n) is 11.1. The second-order valence-electron chi connectivity index (χ2n) is 5.37. The van der Waals surface area contributed by atoms with Crippen molar-refractivity contribution in [2.75, 3.05) is 13.6 Å². The molecule has 1 saturated carbocycles. The molecule has 1 fully saturated rings. The Morgan fingerprint density at radius 2 is 2.00 bits per heavy atom. The predicted molar refractivity (Wildman–Crippen MR) is 80.6 cm³/mol. The molecule has 0 bridgehead atoms. The van der Waals surface area contributed by atoms with Gasteiger partial charge in [-0.15, -0.1) is 0 Å². The Balaban J connectivity index is 1.97. The molecule has 98 valence electrons. The third kappa shape index (κ3) is 3.53. The molecular formula is C15H22N2S. The maximum Gasteiger partial charge on any atom is 0.104 e. The van der Waals surface area contributed by atoms with Crippen molar-refractivity contribution in [2.24, 2.45) is 11.7 Å². The number of hydrogen-bond acceptors (Lipinski definition) is 2. The third-order valence-electron chi connectivity index (χ3n) is 3.77. The van der Waals surface area contributed by atoms with Gasteiger partial charge in [0.15, 0.2) is 0 Å². The Bertz CT molecular complexity index is 411. The maximum absolute atomic E-state index is 5.77. The topological polar surface area (TPSA) is 29.3 Å². The first-order chi connectivity index (χ1) is 8.66. The molecule has 2 rings (SSSR count). The Labute approximate surface area is 115 Å². The molecule has 0 amide bonds. The van der Waals surface area contributed by atoms with Crippen LogP contribution in [0.25, 0.3) is 0 Å². The van der Waals surface area contributed by atoms with E-state index in [1.54, 1.807) is 0 Å². The van der Waals surface area contributed by atoms with Gasteiger partial charge in [0.1, 0.15) is 4.99 Å². The van der Waals surface area contributed by atoms with Crippen molar-refractivity contribution in [2.45, 2.75) is 32.2 Å². The van der Waals surface area contributed by atoms with E-state index in [1.807, 2.05) is 12.1 Å². The fourth-order valence-corrected chi connectivity index (χ4v) is 3.09. The minimum atomic E-state index is 0.500. The van der Waals surface area contributed by atoms with Crippen molar-refractivity contribution in [1.82, 2.24) is 4.90 Å². The summed E-state index contributed by atoms with van der Waals surface area (Å²) >= 11 is 5.11. The number of thiocarbonyl (C=S) groups is 1. The van der Waals surface area contributed by atoms with E-state index in [1.165, 1.54) is 37.8 Å². The molecule has 1 aliphatic carbocycles. The highest BCUT2D eigenvalue weighted by molar-refractivity contribution is 7.80. The molecule has 2 N–H and O–H groups in total. The Kier molecular flexibility index (Phi) is 4.72. The van der Waals surface area contributed by atoms with Gasteiger partial charge in [-0.25, -0.2) is 0 Å². The molecule has 2 nitrogen and oxygen atoms in total. The van der Waals surface area contributed by atoms with Crippen molar-refractivity contribution in [3.05, 3.63) is 35.4 Å². The molecule has 0 aromatic heterocycles. The second-order valence-corrected chi connectivity index (χ2v) is 5.81. The van der Waals surface area contributed by atoms with Crippen LogP contribution >= 0.6 is 12.2 Å². The first-order valence-electron chi connectivity index (χ1n) is 6.73.